The number of ether oxygens (including phenoxy) is 2. The summed E-state index contributed by atoms with van der Waals surface area (Å²) in [6.07, 6.45) is 0.857. The fourth-order valence-electron chi connectivity index (χ4n) is 2.08. The lowest BCUT2D eigenvalue weighted by Crippen LogP contribution is -1.98. The minimum Gasteiger partial charge on any atom is -0.493 e. The SMILES string of the molecule is COc1ccc(CC(Br)c2cc(Br)ccc2Br)cc1OC. The van der Waals surface area contributed by atoms with Crippen LogP contribution in [-0.4, -0.2) is 14.2 Å². The fourth-order valence-corrected chi connectivity index (χ4v) is 4.04. The average molecular weight is 479 g/mol. The number of rotatable bonds is 5. The van der Waals surface area contributed by atoms with Crippen molar-refractivity contribution in [1.29, 1.82) is 0 Å². The Morgan fingerprint density at radius 3 is 2.33 bits per heavy atom. The van der Waals surface area contributed by atoms with Gasteiger partial charge < -0.3 is 9.47 Å². The van der Waals surface area contributed by atoms with Crippen molar-refractivity contribution in [3.63, 3.8) is 0 Å². The molecule has 21 heavy (non-hydrogen) atoms. The number of benzene rings is 2. The van der Waals surface area contributed by atoms with E-state index < -0.39 is 0 Å². The molecule has 0 saturated heterocycles. The van der Waals surface area contributed by atoms with Crippen LogP contribution in [0.5, 0.6) is 11.5 Å². The minimum atomic E-state index is 0.211. The first kappa shape index (κ1) is 16.8. The summed E-state index contributed by atoms with van der Waals surface area (Å²) in [6.45, 7) is 0. The second kappa shape index (κ2) is 7.65. The molecule has 2 rings (SSSR count). The lowest BCUT2D eigenvalue weighted by atomic mass is 10.0. The topological polar surface area (TPSA) is 18.5 Å². The van der Waals surface area contributed by atoms with E-state index in [1.54, 1.807) is 14.2 Å². The molecule has 0 fully saturated rings. The molecule has 0 N–H and O–H groups in total. The third-order valence-electron chi connectivity index (χ3n) is 3.16. The standard InChI is InChI=1S/C16H15Br3O2/c1-20-15-6-3-10(8-16(15)21-2)7-14(19)12-9-11(17)4-5-13(12)18/h3-6,8-9,14H,7H2,1-2H3. The van der Waals surface area contributed by atoms with Crippen molar-refractivity contribution in [2.24, 2.45) is 0 Å². The number of alkyl halides is 1. The van der Waals surface area contributed by atoms with E-state index in [0.29, 0.717) is 0 Å². The maximum absolute atomic E-state index is 5.35. The predicted octanol–water partition coefficient (Wildman–Crippen LogP) is 5.91. The zero-order valence-corrected chi connectivity index (χ0v) is 16.5. The molecule has 0 bridgehead atoms. The molecule has 0 aliphatic carbocycles. The van der Waals surface area contributed by atoms with E-state index >= 15 is 0 Å². The molecule has 0 aromatic heterocycles. The molecular formula is C16H15Br3O2. The quantitative estimate of drug-likeness (QED) is 0.497. The van der Waals surface area contributed by atoms with Gasteiger partial charge in [-0.1, -0.05) is 53.9 Å². The van der Waals surface area contributed by atoms with Crippen LogP contribution >= 0.6 is 47.8 Å². The van der Waals surface area contributed by atoms with Crippen LogP contribution in [0.2, 0.25) is 0 Å². The van der Waals surface area contributed by atoms with Crippen LogP contribution in [0, 0.1) is 0 Å². The largest absolute Gasteiger partial charge is 0.493 e. The number of halogens is 3. The molecule has 2 nitrogen and oxygen atoms in total. The van der Waals surface area contributed by atoms with Gasteiger partial charge >= 0.3 is 0 Å². The first-order valence-electron chi connectivity index (χ1n) is 6.35. The average Bonchev–Trinajstić information content (AvgIpc) is 2.49. The van der Waals surface area contributed by atoms with Gasteiger partial charge in [0.15, 0.2) is 11.5 Å². The Morgan fingerprint density at radius 2 is 1.67 bits per heavy atom. The van der Waals surface area contributed by atoms with Gasteiger partial charge in [0, 0.05) is 13.8 Å². The fraction of sp³-hybridized carbons (Fsp3) is 0.250. The third kappa shape index (κ3) is 4.24. The smallest absolute Gasteiger partial charge is 0.160 e. The number of hydrogen-bond acceptors (Lipinski definition) is 2. The summed E-state index contributed by atoms with van der Waals surface area (Å²) in [5, 5.41) is 0. The Hall–Kier alpha value is -0.520. The van der Waals surface area contributed by atoms with Gasteiger partial charge in [-0.05, 0) is 47.9 Å². The van der Waals surface area contributed by atoms with Crippen molar-refractivity contribution in [3.05, 3.63) is 56.5 Å². The lowest BCUT2D eigenvalue weighted by Gasteiger charge is -2.14. The Kier molecular flexibility index (Phi) is 6.14. The highest BCUT2D eigenvalue weighted by Gasteiger charge is 2.14. The summed E-state index contributed by atoms with van der Waals surface area (Å²) in [5.74, 6) is 1.50. The van der Waals surface area contributed by atoms with Gasteiger partial charge in [-0.3, -0.25) is 0 Å². The minimum absolute atomic E-state index is 0.211. The molecule has 0 amide bonds. The van der Waals surface area contributed by atoms with Crippen LogP contribution in [-0.2, 0) is 6.42 Å². The van der Waals surface area contributed by atoms with Crippen LogP contribution in [0.15, 0.2) is 45.3 Å². The van der Waals surface area contributed by atoms with Crippen molar-refractivity contribution in [2.45, 2.75) is 11.2 Å². The summed E-state index contributed by atoms with van der Waals surface area (Å²) in [4.78, 5) is 0.211. The second-order valence-electron chi connectivity index (χ2n) is 4.53. The Morgan fingerprint density at radius 1 is 0.952 bits per heavy atom. The molecule has 2 aromatic rings. The normalized spacial score (nSPS) is 12.0. The molecule has 0 spiro atoms. The van der Waals surface area contributed by atoms with Crippen molar-refractivity contribution in [3.8, 4) is 11.5 Å². The van der Waals surface area contributed by atoms with Crippen molar-refractivity contribution in [2.75, 3.05) is 14.2 Å². The van der Waals surface area contributed by atoms with Gasteiger partial charge in [-0.2, -0.15) is 0 Å². The summed E-state index contributed by atoms with van der Waals surface area (Å²) in [5.41, 5.74) is 2.39. The van der Waals surface area contributed by atoms with Gasteiger partial charge in [-0.15, -0.1) is 0 Å². The van der Waals surface area contributed by atoms with Crippen LogP contribution in [0.4, 0.5) is 0 Å². The lowest BCUT2D eigenvalue weighted by molar-refractivity contribution is 0.354. The summed E-state index contributed by atoms with van der Waals surface area (Å²) in [6, 6.07) is 12.2. The van der Waals surface area contributed by atoms with Crippen LogP contribution < -0.4 is 9.47 Å². The molecule has 0 radical (unpaired) electrons. The van der Waals surface area contributed by atoms with Crippen molar-refractivity contribution in [1.82, 2.24) is 0 Å². The summed E-state index contributed by atoms with van der Waals surface area (Å²) < 4.78 is 12.8. The Balaban J connectivity index is 2.23. The summed E-state index contributed by atoms with van der Waals surface area (Å²) in [7, 11) is 3.29. The highest BCUT2D eigenvalue weighted by Crippen LogP contribution is 2.36. The van der Waals surface area contributed by atoms with Gasteiger partial charge in [-0.25, -0.2) is 0 Å². The zero-order valence-electron chi connectivity index (χ0n) is 11.7. The Labute approximate surface area is 150 Å². The van der Waals surface area contributed by atoms with Crippen LogP contribution in [0.3, 0.4) is 0 Å². The van der Waals surface area contributed by atoms with Crippen molar-refractivity contribution < 1.29 is 9.47 Å². The molecule has 0 saturated carbocycles. The first-order valence-corrected chi connectivity index (χ1v) is 8.85. The van der Waals surface area contributed by atoms with Crippen LogP contribution in [0.1, 0.15) is 16.0 Å². The molecule has 1 unspecified atom stereocenters. The van der Waals surface area contributed by atoms with Gasteiger partial charge in [0.1, 0.15) is 0 Å². The molecule has 0 aliphatic rings. The van der Waals surface area contributed by atoms with E-state index in [4.69, 9.17) is 9.47 Å². The highest BCUT2D eigenvalue weighted by atomic mass is 79.9. The maximum atomic E-state index is 5.35. The zero-order chi connectivity index (χ0) is 15.4. The Bertz CT molecular complexity index is 629. The molecule has 2 aromatic carbocycles. The maximum Gasteiger partial charge on any atom is 0.160 e. The van der Waals surface area contributed by atoms with E-state index in [0.717, 1.165) is 26.9 Å². The molecule has 1 atom stereocenters. The molecular weight excluding hydrogens is 464 g/mol. The predicted molar refractivity (Wildman–Crippen MR) is 96.8 cm³/mol. The van der Waals surface area contributed by atoms with Gasteiger partial charge in [0.2, 0.25) is 0 Å². The number of methoxy groups -OCH3 is 2. The highest BCUT2D eigenvalue weighted by molar-refractivity contribution is 9.11. The van der Waals surface area contributed by atoms with Gasteiger partial charge in [0.05, 0.1) is 14.2 Å². The molecule has 0 heterocycles. The van der Waals surface area contributed by atoms with Crippen molar-refractivity contribution >= 4 is 47.8 Å². The van der Waals surface area contributed by atoms with Crippen LogP contribution in [0.25, 0.3) is 0 Å². The monoisotopic (exact) mass is 476 g/mol. The second-order valence-corrected chi connectivity index (χ2v) is 7.40. The molecule has 112 valence electrons. The first-order chi connectivity index (χ1) is 10.0. The van der Waals surface area contributed by atoms with E-state index in [-0.39, 0.29) is 4.83 Å². The number of hydrogen-bond donors (Lipinski definition) is 0. The van der Waals surface area contributed by atoms with E-state index in [2.05, 4.69) is 59.9 Å². The summed E-state index contributed by atoms with van der Waals surface area (Å²) >= 11 is 10.9. The van der Waals surface area contributed by atoms with Gasteiger partial charge in [0.25, 0.3) is 0 Å². The van der Waals surface area contributed by atoms with E-state index in [1.165, 1.54) is 11.1 Å². The molecule has 0 aliphatic heterocycles. The van der Waals surface area contributed by atoms with E-state index in [1.807, 2.05) is 24.3 Å². The van der Waals surface area contributed by atoms with E-state index in [9.17, 15) is 0 Å². The molecule has 5 heteroatoms. The third-order valence-corrected chi connectivity index (χ3v) is 5.19.